The maximum Gasteiger partial charge on any atom is 0.328 e. The second-order valence-electron chi connectivity index (χ2n) is 16.3. The van der Waals surface area contributed by atoms with Crippen molar-refractivity contribution in [3.05, 3.63) is 54.1 Å². The number of anilines is 6. The molecule has 0 bridgehead atoms. The van der Waals surface area contributed by atoms with Crippen LogP contribution in [-0.2, 0) is 4.79 Å². The zero-order chi connectivity index (χ0) is 39.9. The second-order valence-corrected chi connectivity index (χ2v) is 16.3. The number of imidazole rings is 1. The largest absolute Gasteiger partial charge is 0.372 e. The van der Waals surface area contributed by atoms with E-state index in [-0.39, 0.29) is 29.8 Å². The van der Waals surface area contributed by atoms with E-state index in [1.165, 1.54) is 6.07 Å². The third-order valence-electron chi connectivity index (χ3n) is 12.6. The number of halogens is 1. The topological polar surface area (TPSA) is 152 Å². The van der Waals surface area contributed by atoms with E-state index >= 15 is 4.39 Å². The number of aromatic amines is 1. The summed E-state index contributed by atoms with van der Waals surface area (Å²) in [7, 11) is 1.84. The quantitative estimate of drug-likeness (QED) is 0.222. The number of urea groups is 2. The number of carbonyl (C=O) groups excluding carboxylic acids is 3. The summed E-state index contributed by atoms with van der Waals surface area (Å²) in [6.07, 6.45) is 5.98. The molecular formula is C41H52FN13O3. The summed E-state index contributed by atoms with van der Waals surface area (Å²) >= 11 is 0. The van der Waals surface area contributed by atoms with Crippen LogP contribution >= 0.6 is 0 Å². The number of H-pyrrole nitrogens is 1. The highest BCUT2D eigenvalue weighted by atomic mass is 19.1. The van der Waals surface area contributed by atoms with Crippen molar-refractivity contribution in [1.82, 2.24) is 40.0 Å². The Balaban J connectivity index is 0.773. The van der Waals surface area contributed by atoms with Crippen molar-refractivity contribution in [2.45, 2.75) is 45.1 Å². The van der Waals surface area contributed by atoms with Crippen molar-refractivity contribution < 1.29 is 18.8 Å². The van der Waals surface area contributed by atoms with Gasteiger partial charge in [0.1, 0.15) is 11.3 Å². The molecule has 2 aromatic heterocycles. The van der Waals surface area contributed by atoms with E-state index in [1.807, 2.05) is 37.1 Å². The summed E-state index contributed by atoms with van der Waals surface area (Å²) in [5.74, 6) is 1.17. The minimum absolute atomic E-state index is 0.0715. The molecule has 0 radical (unpaired) electrons. The van der Waals surface area contributed by atoms with Gasteiger partial charge in [-0.25, -0.2) is 19.0 Å². The highest BCUT2D eigenvalue weighted by Gasteiger charge is 2.35. The van der Waals surface area contributed by atoms with Gasteiger partial charge in [-0.05, 0) is 80.5 Å². The number of carbonyl (C=O) groups is 3. The van der Waals surface area contributed by atoms with Crippen LogP contribution in [0, 0.1) is 18.7 Å². The number of aryl methyl sites for hydroxylation is 1. The Morgan fingerprint density at radius 2 is 1.66 bits per heavy atom. The van der Waals surface area contributed by atoms with Crippen LogP contribution in [0.4, 0.5) is 48.5 Å². The SMILES string of the molecule is Cc1cc(N2CCC(CN3CCN(c4ccc(Nc5nc(N6CCC[C@@H](N7CCN(C)C7=O)C6)nc6nc[nH]c56)cc4F)CC3)CC2)ccc1N1CCC(=O)NC1=O. The van der Waals surface area contributed by atoms with E-state index in [1.54, 1.807) is 16.1 Å². The molecule has 7 heterocycles. The first kappa shape index (κ1) is 37.8. The lowest BCUT2D eigenvalue weighted by Crippen LogP contribution is -2.49. The zero-order valence-electron chi connectivity index (χ0n) is 33.3. The Bertz CT molecular complexity index is 2180. The van der Waals surface area contributed by atoms with E-state index in [4.69, 9.17) is 9.97 Å². The molecule has 0 unspecified atom stereocenters. The number of piperidine rings is 2. The Morgan fingerprint density at radius 1 is 0.845 bits per heavy atom. The highest BCUT2D eigenvalue weighted by Crippen LogP contribution is 2.32. The van der Waals surface area contributed by atoms with E-state index in [9.17, 15) is 14.4 Å². The van der Waals surface area contributed by atoms with Crippen molar-refractivity contribution in [1.29, 1.82) is 0 Å². The van der Waals surface area contributed by atoms with Crippen LogP contribution in [0.1, 0.15) is 37.7 Å². The van der Waals surface area contributed by atoms with E-state index in [2.05, 4.69) is 52.3 Å². The number of piperazine rings is 1. The molecular weight excluding hydrogens is 742 g/mol. The number of hydrogen-bond acceptors (Lipinski definition) is 11. The molecule has 0 saturated carbocycles. The monoisotopic (exact) mass is 793 g/mol. The first-order valence-electron chi connectivity index (χ1n) is 20.7. The van der Waals surface area contributed by atoms with Gasteiger partial charge in [-0.1, -0.05) is 0 Å². The molecule has 17 heteroatoms. The van der Waals surface area contributed by atoms with Gasteiger partial charge in [-0.2, -0.15) is 9.97 Å². The average molecular weight is 794 g/mol. The maximum atomic E-state index is 15.8. The van der Waals surface area contributed by atoms with Crippen LogP contribution in [0.2, 0.25) is 0 Å². The van der Waals surface area contributed by atoms with Crippen LogP contribution in [0.15, 0.2) is 42.7 Å². The molecule has 3 N–H and O–H groups in total. The fourth-order valence-electron chi connectivity index (χ4n) is 9.27. The summed E-state index contributed by atoms with van der Waals surface area (Å²) < 4.78 is 15.8. The fraction of sp³-hybridized carbons (Fsp3) is 0.512. The molecule has 16 nitrogen and oxygen atoms in total. The van der Waals surface area contributed by atoms with Gasteiger partial charge in [0, 0.05) is 109 Å². The zero-order valence-corrected chi connectivity index (χ0v) is 33.3. The third kappa shape index (κ3) is 7.66. The number of rotatable bonds is 9. The fourth-order valence-corrected chi connectivity index (χ4v) is 9.27. The number of amides is 5. The lowest BCUT2D eigenvalue weighted by Gasteiger charge is -2.40. The number of fused-ring (bicyclic) bond motifs is 1. The highest BCUT2D eigenvalue weighted by molar-refractivity contribution is 6.06. The van der Waals surface area contributed by atoms with Crippen LogP contribution in [-0.4, -0.2) is 144 Å². The molecule has 306 valence electrons. The minimum Gasteiger partial charge on any atom is -0.372 e. The first-order chi connectivity index (χ1) is 28.2. The van der Waals surface area contributed by atoms with E-state index < -0.39 is 0 Å². The van der Waals surface area contributed by atoms with Gasteiger partial charge in [0.05, 0.1) is 18.1 Å². The Hall–Kier alpha value is -5.71. The average Bonchev–Trinajstić information content (AvgIpc) is 3.85. The summed E-state index contributed by atoms with van der Waals surface area (Å²) in [5, 5.41) is 5.75. The molecule has 0 spiro atoms. The molecule has 5 aliphatic heterocycles. The van der Waals surface area contributed by atoms with Crippen molar-refractivity contribution in [3.8, 4) is 0 Å². The molecule has 0 aliphatic carbocycles. The Kier molecular flexibility index (Phi) is 10.4. The van der Waals surface area contributed by atoms with E-state index in [0.717, 1.165) is 108 Å². The number of imide groups is 1. The maximum absolute atomic E-state index is 15.8. The normalized spacial score (nSPS) is 21.4. The van der Waals surface area contributed by atoms with Crippen molar-refractivity contribution in [3.63, 3.8) is 0 Å². The van der Waals surface area contributed by atoms with Crippen molar-refractivity contribution >= 4 is 63.6 Å². The van der Waals surface area contributed by atoms with E-state index in [0.29, 0.717) is 59.7 Å². The van der Waals surface area contributed by atoms with Crippen LogP contribution in [0.25, 0.3) is 11.2 Å². The second kappa shape index (κ2) is 15.9. The van der Waals surface area contributed by atoms with Gasteiger partial charge in [-0.3, -0.25) is 19.9 Å². The lowest BCUT2D eigenvalue weighted by atomic mass is 9.95. The smallest absolute Gasteiger partial charge is 0.328 e. The molecule has 5 fully saturated rings. The first-order valence-corrected chi connectivity index (χ1v) is 20.7. The van der Waals surface area contributed by atoms with Crippen molar-refractivity contribution in [2.75, 3.05) is 111 Å². The summed E-state index contributed by atoms with van der Waals surface area (Å²) in [6, 6.07) is 11.3. The molecule has 9 rings (SSSR count). The lowest BCUT2D eigenvalue weighted by molar-refractivity contribution is -0.120. The molecule has 4 aromatic rings. The van der Waals surface area contributed by atoms with Gasteiger partial charge >= 0.3 is 12.1 Å². The third-order valence-corrected chi connectivity index (χ3v) is 12.6. The summed E-state index contributed by atoms with van der Waals surface area (Å²) in [4.78, 5) is 68.5. The molecule has 1 atom stereocenters. The number of hydrogen-bond donors (Lipinski definition) is 3. The van der Waals surface area contributed by atoms with Gasteiger partial charge in [-0.15, -0.1) is 0 Å². The summed E-state index contributed by atoms with van der Waals surface area (Å²) in [5.41, 5.74) is 5.40. The number of aromatic nitrogens is 4. The molecule has 5 aliphatic rings. The molecule has 2 aromatic carbocycles. The van der Waals surface area contributed by atoms with Crippen molar-refractivity contribution in [2.24, 2.45) is 5.92 Å². The van der Waals surface area contributed by atoms with Crippen LogP contribution in [0.3, 0.4) is 0 Å². The standard InChI is InChI=1S/C41H52FN13O3/c1-27-22-30(6-8-33(27)55-15-11-35(56)46-40(55)57)51-13-9-28(10-14-51)24-50-17-19-52(20-18-50)34-7-5-29(23-32(34)42)45-38-36-37(44-26-43-36)47-39(48-38)53-12-3-4-31(25-53)54-21-16-49(2)41(54)58/h5-8,22-23,26,28,31H,3-4,9-21,24-25H2,1-2H3,(H,46,56,57)(H2,43,44,45,47,48)/t31-/m1/s1. The molecule has 58 heavy (non-hydrogen) atoms. The molecule has 5 amide bonds. The number of nitrogens with one attached hydrogen (secondary N) is 3. The van der Waals surface area contributed by atoms with Crippen LogP contribution < -0.4 is 30.2 Å². The number of benzene rings is 2. The summed E-state index contributed by atoms with van der Waals surface area (Å²) in [6.45, 7) is 11.6. The Labute approximate surface area is 337 Å². The van der Waals surface area contributed by atoms with Gasteiger partial charge in [0.25, 0.3) is 0 Å². The number of likely N-dealkylation sites (N-methyl/N-ethyl adjacent to an activating group) is 1. The van der Waals surface area contributed by atoms with Crippen LogP contribution in [0.5, 0.6) is 0 Å². The van der Waals surface area contributed by atoms with Gasteiger partial charge in [0.2, 0.25) is 11.9 Å². The molecule has 5 saturated heterocycles. The predicted octanol–water partition coefficient (Wildman–Crippen LogP) is 4.37. The number of nitrogens with zero attached hydrogens (tertiary/aromatic N) is 10. The van der Waals surface area contributed by atoms with Gasteiger partial charge < -0.3 is 34.8 Å². The minimum atomic E-state index is -0.357. The van der Waals surface area contributed by atoms with Gasteiger partial charge in [0.15, 0.2) is 11.5 Å². The predicted molar refractivity (Wildman–Crippen MR) is 222 cm³/mol. The Morgan fingerprint density at radius 3 is 2.40 bits per heavy atom.